The van der Waals surface area contributed by atoms with Gasteiger partial charge in [-0.15, -0.1) is 0 Å². The number of nitrogens with one attached hydrogen (secondary N) is 1. The number of amides is 2. The third kappa shape index (κ3) is 3.83. The minimum absolute atomic E-state index is 0.0998. The van der Waals surface area contributed by atoms with Gasteiger partial charge in [0.05, 0.1) is 17.4 Å². The highest BCUT2D eigenvalue weighted by atomic mass is 19.4. The van der Waals surface area contributed by atoms with Gasteiger partial charge in [0.15, 0.2) is 0 Å². The van der Waals surface area contributed by atoms with Crippen molar-refractivity contribution < 1.29 is 18.0 Å². The lowest BCUT2D eigenvalue weighted by atomic mass is 9.86. The Labute approximate surface area is 165 Å². The quantitative estimate of drug-likeness (QED) is 0.683. The number of nitrogens with zero attached hydrogens (tertiary/aromatic N) is 3. The highest BCUT2D eigenvalue weighted by Gasteiger charge is 2.35. The summed E-state index contributed by atoms with van der Waals surface area (Å²) in [5, 5.41) is 6.65. The molecule has 2 heterocycles. The fourth-order valence-electron chi connectivity index (χ4n) is 3.70. The number of benzene rings is 2. The van der Waals surface area contributed by atoms with Gasteiger partial charge in [-0.2, -0.15) is 18.3 Å². The number of carbonyl (C=O) groups is 1. The second-order valence-corrected chi connectivity index (χ2v) is 7.05. The molecule has 4 rings (SSSR count). The van der Waals surface area contributed by atoms with Gasteiger partial charge < -0.3 is 10.2 Å². The fourth-order valence-corrected chi connectivity index (χ4v) is 3.70. The molecular formula is C21H19F3N4O. The molecule has 150 valence electrons. The monoisotopic (exact) mass is 400 g/mol. The molecule has 2 amide bonds. The molecule has 1 N–H and O–H groups in total. The van der Waals surface area contributed by atoms with Gasteiger partial charge in [-0.05, 0) is 28.8 Å². The van der Waals surface area contributed by atoms with E-state index in [2.05, 4.69) is 10.4 Å². The minimum Gasteiger partial charge on any atom is -0.319 e. The van der Waals surface area contributed by atoms with Crippen molar-refractivity contribution in [1.82, 2.24) is 14.7 Å². The SMILES string of the molecule is Cn1cc(C2CN(C(=O)Nc3ccccc3C(F)(F)F)Cc3ccccc32)cn1. The van der Waals surface area contributed by atoms with Crippen LogP contribution in [0.15, 0.2) is 60.9 Å². The van der Waals surface area contributed by atoms with Gasteiger partial charge in [-0.1, -0.05) is 36.4 Å². The Balaban J connectivity index is 1.62. The summed E-state index contributed by atoms with van der Waals surface area (Å²) in [5.74, 6) is -0.0998. The molecule has 8 heteroatoms. The average Bonchev–Trinajstić information content (AvgIpc) is 3.13. The first-order valence-electron chi connectivity index (χ1n) is 9.11. The third-order valence-corrected chi connectivity index (χ3v) is 5.08. The van der Waals surface area contributed by atoms with E-state index < -0.39 is 17.8 Å². The molecule has 0 fully saturated rings. The summed E-state index contributed by atoms with van der Waals surface area (Å²) >= 11 is 0. The van der Waals surface area contributed by atoms with E-state index in [9.17, 15) is 18.0 Å². The van der Waals surface area contributed by atoms with Crippen molar-refractivity contribution in [2.75, 3.05) is 11.9 Å². The minimum atomic E-state index is -4.55. The van der Waals surface area contributed by atoms with Crippen LogP contribution in [0.1, 0.15) is 28.2 Å². The van der Waals surface area contributed by atoms with Crippen molar-refractivity contribution in [3.8, 4) is 0 Å². The first kappa shape index (κ1) is 19.0. The van der Waals surface area contributed by atoms with E-state index in [4.69, 9.17) is 0 Å². The number of halogens is 3. The second-order valence-electron chi connectivity index (χ2n) is 7.05. The lowest BCUT2D eigenvalue weighted by Crippen LogP contribution is -2.41. The molecule has 0 spiro atoms. The van der Waals surface area contributed by atoms with Gasteiger partial charge in [0.1, 0.15) is 0 Å². The average molecular weight is 400 g/mol. The number of hydrogen-bond acceptors (Lipinski definition) is 2. The Bertz CT molecular complexity index is 1040. The maximum absolute atomic E-state index is 13.2. The number of rotatable bonds is 2. The van der Waals surface area contributed by atoms with Crippen LogP contribution in [0.2, 0.25) is 0 Å². The smallest absolute Gasteiger partial charge is 0.319 e. The van der Waals surface area contributed by atoms with E-state index in [1.54, 1.807) is 10.9 Å². The maximum Gasteiger partial charge on any atom is 0.418 e. The molecule has 1 aromatic heterocycles. The molecule has 0 saturated carbocycles. The lowest BCUT2D eigenvalue weighted by molar-refractivity contribution is -0.136. The highest BCUT2D eigenvalue weighted by Crippen LogP contribution is 2.36. The van der Waals surface area contributed by atoms with E-state index >= 15 is 0 Å². The van der Waals surface area contributed by atoms with Crippen molar-refractivity contribution in [3.63, 3.8) is 0 Å². The Morgan fingerprint density at radius 3 is 2.59 bits per heavy atom. The second kappa shape index (κ2) is 7.27. The number of alkyl halides is 3. The number of para-hydroxylation sites is 1. The summed E-state index contributed by atoms with van der Waals surface area (Å²) in [7, 11) is 1.82. The lowest BCUT2D eigenvalue weighted by Gasteiger charge is -2.34. The molecule has 1 aliphatic rings. The number of urea groups is 1. The molecule has 0 radical (unpaired) electrons. The zero-order chi connectivity index (χ0) is 20.6. The summed E-state index contributed by atoms with van der Waals surface area (Å²) < 4.78 is 41.4. The Morgan fingerprint density at radius 2 is 1.86 bits per heavy atom. The van der Waals surface area contributed by atoms with E-state index in [0.29, 0.717) is 13.1 Å². The summed E-state index contributed by atoms with van der Waals surface area (Å²) in [6, 6.07) is 12.2. The number of anilines is 1. The topological polar surface area (TPSA) is 50.2 Å². The Kier molecular flexibility index (Phi) is 4.77. The van der Waals surface area contributed by atoms with E-state index in [1.165, 1.54) is 23.1 Å². The summed E-state index contributed by atoms with van der Waals surface area (Å²) in [4.78, 5) is 14.4. The molecule has 1 atom stereocenters. The van der Waals surface area contributed by atoms with Crippen molar-refractivity contribution in [1.29, 1.82) is 0 Å². The van der Waals surface area contributed by atoms with Gasteiger partial charge in [0, 0.05) is 32.3 Å². The van der Waals surface area contributed by atoms with E-state index in [0.717, 1.165) is 22.8 Å². The standard InChI is InChI=1S/C21H19F3N4O/c1-27-11-15(10-25-27)17-13-28(12-14-6-2-3-7-16(14)17)20(29)26-19-9-5-4-8-18(19)21(22,23)24/h2-11,17H,12-13H2,1H3,(H,26,29). The van der Waals surface area contributed by atoms with Crippen molar-refractivity contribution in [3.05, 3.63) is 83.2 Å². The van der Waals surface area contributed by atoms with Crippen molar-refractivity contribution >= 4 is 11.7 Å². The summed E-state index contributed by atoms with van der Waals surface area (Å²) in [5.41, 5.74) is 1.90. The first-order valence-corrected chi connectivity index (χ1v) is 9.11. The van der Waals surface area contributed by atoms with Crippen LogP contribution >= 0.6 is 0 Å². The predicted octanol–water partition coefficient (Wildman–Crippen LogP) is 4.62. The number of hydrogen-bond donors (Lipinski definition) is 1. The fraction of sp³-hybridized carbons (Fsp3) is 0.238. The van der Waals surface area contributed by atoms with Crippen LogP contribution in [0.5, 0.6) is 0 Å². The Hall–Kier alpha value is -3.29. The maximum atomic E-state index is 13.2. The predicted molar refractivity (Wildman–Crippen MR) is 102 cm³/mol. The van der Waals surface area contributed by atoms with Crippen molar-refractivity contribution in [2.45, 2.75) is 18.6 Å². The molecule has 0 aliphatic carbocycles. The van der Waals surface area contributed by atoms with Gasteiger partial charge >= 0.3 is 12.2 Å². The Morgan fingerprint density at radius 1 is 1.14 bits per heavy atom. The van der Waals surface area contributed by atoms with Crippen molar-refractivity contribution in [2.24, 2.45) is 7.05 Å². The van der Waals surface area contributed by atoms with Crippen LogP contribution in [0.25, 0.3) is 0 Å². The van der Waals surface area contributed by atoms with Crippen LogP contribution in [0, 0.1) is 0 Å². The molecule has 5 nitrogen and oxygen atoms in total. The summed E-state index contributed by atoms with van der Waals surface area (Å²) in [6.45, 7) is 0.676. The zero-order valence-electron chi connectivity index (χ0n) is 15.6. The van der Waals surface area contributed by atoms with Crippen LogP contribution in [-0.4, -0.2) is 27.3 Å². The van der Waals surface area contributed by atoms with Gasteiger partial charge in [-0.3, -0.25) is 4.68 Å². The van der Waals surface area contributed by atoms with Gasteiger partial charge in [0.2, 0.25) is 0 Å². The largest absolute Gasteiger partial charge is 0.418 e. The number of fused-ring (bicyclic) bond motifs is 1. The first-order chi connectivity index (χ1) is 13.8. The molecule has 1 unspecified atom stereocenters. The number of aromatic nitrogens is 2. The van der Waals surface area contributed by atoms with Crippen LogP contribution in [0.4, 0.5) is 23.7 Å². The third-order valence-electron chi connectivity index (χ3n) is 5.08. The molecule has 29 heavy (non-hydrogen) atoms. The van der Waals surface area contributed by atoms with Crippen LogP contribution in [0.3, 0.4) is 0 Å². The van der Waals surface area contributed by atoms with Crippen LogP contribution < -0.4 is 5.32 Å². The number of aryl methyl sites for hydroxylation is 1. The van der Waals surface area contributed by atoms with E-state index in [-0.39, 0.29) is 11.6 Å². The summed E-state index contributed by atoms with van der Waals surface area (Å²) in [6.07, 6.45) is -0.903. The van der Waals surface area contributed by atoms with E-state index in [1.807, 2.05) is 37.5 Å². The van der Waals surface area contributed by atoms with Gasteiger partial charge in [-0.25, -0.2) is 4.79 Å². The molecule has 1 aliphatic heterocycles. The normalized spacial score (nSPS) is 16.4. The molecular weight excluding hydrogens is 381 g/mol. The van der Waals surface area contributed by atoms with Gasteiger partial charge in [0.25, 0.3) is 0 Å². The molecule has 0 bridgehead atoms. The molecule has 2 aromatic carbocycles. The number of carbonyl (C=O) groups excluding carboxylic acids is 1. The molecule has 0 saturated heterocycles. The van der Waals surface area contributed by atoms with Crippen LogP contribution in [-0.2, 0) is 19.8 Å². The molecule has 3 aromatic rings. The zero-order valence-corrected chi connectivity index (χ0v) is 15.6. The highest BCUT2D eigenvalue weighted by molar-refractivity contribution is 5.90.